The summed E-state index contributed by atoms with van der Waals surface area (Å²) < 4.78 is 5.10. The van der Waals surface area contributed by atoms with Crippen LogP contribution in [0, 0.1) is 5.92 Å². The number of methoxy groups -OCH3 is 1. The lowest BCUT2D eigenvalue weighted by Gasteiger charge is -2.35. The van der Waals surface area contributed by atoms with Crippen molar-refractivity contribution in [3.05, 3.63) is 30.5 Å². The van der Waals surface area contributed by atoms with Crippen LogP contribution < -0.4 is 10.1 Å². The molecule has 0 bridgehead atoms. The highest BCUT2D eigenvalue weighted by molar-refractivity contribution is 5.94. The van der Waals surface area contributed by atoms with Crippen molar-refractivity contribution in [1.82, 2.24) is 14.8 Å². The largest absolute Gasteiger partial charge is 0.481 e. The van der Waals surface area contributed by atoms with E-state index in [1.807, 2.05) is 6.92 Å². The summed E-state index contributed by atoms with van der Waals surface area (Å²) >= 11 is 0. The Kier molecular flexibility index (Phi) is 7.75. The number of nitrogens with zero attached hydrogens (tertiary/aromatic N) is 3. The quantitative estimate of drug-likeness (QED) is 0.628. The highest BCUT2D eigenvalue weighted by atomic mass is 16.5. The number of carboxylic acids is 1. The molecule has 1 fully saturated rings. The molecule has 0 aromatic carbocycles. The van der Waals surface area contributed by atoms with Crippen LogP contribution in [0.15, 0.2) is 30.5 Å². The number of ether oxygens (including phenoxy) is 1. The second kappa shape index (κ2) is 10.0. The fourth-order valence-corrected chi connectivity index (χ4v) is 3.13. The van der Waals surface area contributed by atoms with Gasteiger partial charge in [-0.05, 0) is 19.1 Å². The zero-order chi connectivity index (χ0) is 19.8. The van der Waals surface area contributed by atoms with Crippen molar-refractivity contribution in [2.75, 3.05) is 51.7 Å². The second-order valence-corrected chi connectivity index (χ2v) is 6.88. The van der Waals surface area contributed by atoms with Crippen LogP contribution in [0.2, 0.25) is 0 Å². The van der Waals surface area contributed by atoms with Crippen molar-refractivity contribution in [3.63, 3.8) is 0 Å². The Balaban J connectivity index is 1.87. The molecule has 27 heavy (non-hydrogen) atoms. The predicted octanol–water partition coefficient (Wildman–Crippen LogP) is 1.31. The number of nitrogens with one attached hydrogen (secondary N) is 1. The van der Waals surface area contributed by atoms with Crippen LogP contribution in [0.3, 0.4) is 0 Å². The van der Waals surface area contributed by atoms with Gasteiger partial charge in [0.2, 0.25) is 11.8 Å². The first-order valence-electron chi connectivity index (χ1n) is 8.99. The summed E-state index contributed by atoms with van der Waals surface area (Å²) in [6, 6.07) is 3.34. The van der Waals surface area contributed by atoms with Gasteiger partial charge in [0.1, 0.15) is 5.69 Å². The molecule has 2 heterocycles. The average Bonchev–Trinajstić information content (AvgIpc) is 2.62. The number of hydrogen-bond acceptors (Lipinski definition) is 6. The van der Waals surface area contributed by atoms with Crippen LogP contribution in [-0.2, 0) is 9.59 Å². The SMILES string of the molecule is C=C(C)CN1CCN(CC(CC(=O)Nc2cccnc2OC)C(=O)O)CC1. The molecule has 1 aliphatic heterocycles. The van der Waals surface area contributed by atoms with Crippen molar-refractivity contribution < 1.29 is 19.4 Å². The number of carbonyl (C=O) groups excluding carboxylic acids is 1. The van der Waals surface area contributed by atoms with E-state index in [2.05, 4.69) is 26.7 Å². The molecule has 148 valence electrons. The number of hydrogen-bond donors (Lipinski definition) is 2. The summed E-state index contributed by atoms with van der Waals surface area (Å²) in [5, 5.41) is 12.2. The van der Waals surface area contributed by atoms with Gasteiger partial charge in [-0.2, -0.15) is 0 Å². The average molecular weight is 376 g/mol. The molecule has 1 atom stereocenters. The number of carboxylic acid groups (broad SMARTS) is 1. The van der Waals surface area contributed by atoms with Crippen molar-refractivity contribution in [2.24, 2.45) is 5.92 Å². The summed E-state index contributed by atoms with van der Waals surface area (Å²) in [5.41, 5.74) is 1.55. The molecule has 2 N–H and O–H groups in total. The highest BCUT2D eigenvalue weighted by Gasteiger charge is 2.26. The number of carbonyl (C=O) groups is 2. The molecule has 0 spiro atoms. The van der Waals surface area contributed by atoms with E-state index in [1.165, 1.54) is 7.11 Å². The van der Waals surface area contributed by atoms with E-state index >= 15 is 0 Å². The Hall–Kier alpha value is -2.45. The minimum Gasteiger partial charge on any atom is -0.481 e. The smallest absolute Gasteiger partial charge is 0.308 e. The van der Waals surface area contributed by atoms with Gasteiger partial charge in [-0.25, -0.2) is 4.98 Å². The molecule has 1 aromatic heterocycles. The summed E-state index contributed by atoms with van der Waals surface area (Å²) in [4.78, 5) is 32.4. The summed E-state index contributed by atoms with van der Waals surface area (Å²) in [6.45, 7) is 10.5. The standard InChI is InChI=1S/C19H28N4O4/c1-14(2)12-22-7-9-23(10-8-22)13-15(19(25)26)11-17(24)21-16-5-4-6-20-18(16)27-3/h4-6,15H,1,7-13H2,2-3H3,(H,21,24)(H,25,26). The lowest BCUT2D eigenvalue weighted by molar-refractivity contribution is -0.144. The van der Waals surface area contributed by atoms with Crippen molar-refractivity contribution >= 4 is 17.6 Å². The maximum atomic E-state index is 12.3. The third-order valence-corrected chi connectivity index (χ3v) is 4.46. The van der Waals surface area contributed by atoms with Gasteiger partial charge in [0, 0.05) is 51.9 Å². The van der Waals surface area contributed by atoms with Gasteiger partial charge < -0.3 is 15.2 Å². The molecule has 1 saturated heterocycles. The molecular formula is C19H28N4O4. The molecule has 1 amide bonds. The molecule has 2 rings (SSSR count). The highest BCUT2D eigenvalue weighted by Crippen LogP contribution is 2.21. The fourth-order valence-electron chi connectivity index (χ4n) is 3.13. The van der Waals surface area contributed by atoms with Crippen molar-refractivity contribution in [2.45, 2.75) is 13.3 Å². The molecule has 0 radical (unpaired) electrons. The number of aliphatic carboxylic acids is 1. The summed E-state index contributed by atoms with van der Waals surface area (Å²) in [7, 11) is 1.46. The summed E-state index contributed by atoms with van der Waals surface area (Å²) in [6.07, 6.45) is 1.46. The Morgan fingerprint density at radius 1 is 1.33 bits per heavy atom. The van der Waals surface area contributed by atoms with Gasteiger partial charge in [-0.1, -0.05) is 12.2 Å². The first-order chi connectivity index (χ1) is 12.9. The molecule has 1 unspecified atom stereocenters. The molecule has 0 saturated carbocycles. The number of rotatable bonds is 9. The third kappa shape index (κ3) is 6.65. The monoisotopic (exact) mass is 376 g/mol. The van der Waals surface area contributed by atoms with Crippen LogP contribution in [0.25, 0.3) is 0 Å². The number of amides is 1. The Morgan fingerprint density at radius 2 is 2.00 bits per heavy atom. The Bertz CT molecular complexity index is 671. The maximum absolute atomic E-state index is 12.3. The van der Waals surface area contributed by atoms with Gasteiger partial charge in [-0.3, -0.25) is 19.4 Å². The van der Waals surface area contributed by atoms with Gasteiger partial charge >= 0.3 is 5.97 Å². The number of pyridine rings is 1. The van der Waals surface area contributed by atoms with Crippen LogP contribution in [0.4, 0.5) is 5.69 Å². The molecule has 0 aliphatic carbocycles. The van der Waals surface area contributed by atoms with Crippen LogP contribution in [0.1, 0.15) is 13.3 Å². The fraction of sp³-hybridized carbons (Fsp3) is 0.526. The first-order valence-corrected chi connectivity index (χ1v) is 8.99. The maximum Gasteiger partial charge on any atom is 0.308 e. The van der Waals surface area contributed by atoms with E-state index in [1.54, 1.807) is 18.3 Å². The number of anilines is 1. The molecule has 8 nitrogen and oxygen atoms in total. The van der Waals surface area contributed by atoms with E-state index < -0.39 is 11.9 Å². The van der Waals surface area contributed by atoms with Crippen LogP contribution in [-0.4, -0.2) is 78.1 Å². The van der Waals surface area contributed by atoms with Crippen molar-refractivity contribution in [3.8, 4) is 5.88 Å². The number of aromatic nitrogens is 1. The molecule has 1 aromatic rings. The summed E-state index contributed by atoms with van der Waals surface area (Å²) in [5.74, 6) is -1.80. The number of piperazine rings is 1. The van der Waals surface area contributed by atoms with E-state index in [0.29, 0.717) is 18.1 Å². The van der Waals surface area contributed by atoms with E-state index in [-0.39, 0.29) is 12.3 Å². The Labute approximate surface area is 159 Å². The predicted molar refractivity (Wildman–Crippen MR) is 103 cm³/mol. The van der Waals surface area contributed by atoms with Crippen molar-refractivity contribution in [1.29, 1.82) is 0 Å². The van der Waals surface area contributed by atoms with Gasteiger partial charge in [0.25, 0.3) is 0 Å². The molecule has 8 heteroatoms. The third-order valence-electron chi connectivity index (χ3n) is 4.46. The van der Waals surface area contributed by atoms with E-state index in [4.69, 9.17) is 4.74 Å². The van der Waals surface area contributed by atoms with Gasteiger partial charge in [0.05, 0.1) is 13.0 Å². The molecule has 1 aliphatic rings. The van der Waals surface area contributed by atoms with E-state index in [9.17, 15) is 14.7 Å². The topological polar surface area (TPSA) is 95.0 Å². The lowest BCUT2D eigenvalue weighted by Crippen LogP contribution is -2.49. The van der Waals surface area contributed by atoms with Gasteiger partial charge in [0.15, 0.2) is 0 Å². The molecular weight excluding hydrogens is 348 g/mol. The lowest BCUT2D eigenvalue weighted by atomic mass is 10.0. The minimum absolute atomic E-state index is 0.0979. The Morgan fingerprint density at radius 3 is 2.59 bits per heavy atom. The second-order valence-electron chi connectivity index (χ2n) is 6.88. The zero-order valence-electron chi connectivity index (χ0n) is 16.0. The van der Waals surface area contributed by atoms with Crippen LogP contribution in [0.5, 0.6) is 5.88 Å². The normalized spacial score (nSPS) is 16.5. The van der Waals surface area contributed by atoms with Crippen LogP contribution >= 0.6 is 0 Å². The zero-order valence-corrected chi connectivity index (χ0v) is 16.0. The first kappa shape index (κ1) is 20.9. The van der Waals surface area contributed by atoms with Gasteiger partial charge in [-0.15, -0.1) is 0 Å². The minimum atomic E-state index is -0.965. The van der Waals surface area contributed by atoms with E-state index in [0.717, 1.165) is 38.3 Å².